The van der Waals surface area contributed by atoms with Gasteiger partial charge < -0.3 is 24.4 Å². The van der Waals surface area contributed by atoms with Crippen LogP contribution in [0.4, 0.5) is 4.39 Å². The summed E-state index contributed by atoms with van der Waals surface area (Å²) in [7, 11) is 0. The maximum atomic E-state index is 14.2. The third-order valence-corrected chi connectivity index (χ3v) is 6.75. The zero-order valence-corrected chi connectivity index (χ0v) is 21.2. The molecule has 3 aliphatic heterocycles. The first-order valence-corrected chi connectivity index (χ1v) is 11.7. The quantitative estimate of drug-likeness (QED) is 0.529. The molecule has 1 saturated heterocycles. The first kappa shape index (κ1) is 26.4. The van der Waals surface area contributed by atoms with Gasteiger partial charge in [0.2, 0.25) is 0 Å². The van der Waals surface area contributed by atoms with Crippen LogP contribution in [-0.4, -0.2) is 64.9 Å². The molecule has 9 nitrogen and oxygen atoms in total. The highest BCUT2D eigenvalue weighted by Gasteiger charge is 2.29. The highest BCUT2D eigenvalue weighted by Crippen LogP contribution is 2.33. The number of nitrogens with zero attached hydrogens (tertiary/aromatic N) is 4. The largest absolute Gasteiger partial charge is 0.486 e. The van der Waals surface area contributed by atoms with Crippen LogP contribution in [0, 0.1) is 5.82 Å². The number of halogens is 3. The maximum Gasteiger partial charge on any atom is 0.251 e. The van der Waals surface area contributed by atoms with Crippen molar-refractivity contribution < 1.29 is 18.6 Å². The minimum Gasteiger partial charge on any atom is -0.486 e. The average molecular weight is 540 g/mol. The summed E-state index contributed by atoms with van der Waals surface area (Å²) >= 11 is 0. The van der Waals surface area contributed by atoms with Gasteiger partial charge in [0.1, 0.15) is 25.3 Å². The number of aromatic nitrogens is 3. The van der Waals surface area contributed by atoms with Gasteiger partial charge in [-0.2, -0.15) is 0 Å². The fourth-order valence-corrected chi connectivity index (χ4v) is 5.01. The van der Waals surface area contributed by atoms with Crippen LogP contribution in [-0.2, 0) is 6.54 Å². The van der Waals surface area contributed by atoms with Gasteiger partial charge in [-0.15, -0.1) is 24.8 Å². The van der Waals surface area contributed by atoms with Gasteiger partial charge in [-0.3, -0.25) is 19.3 Å². The summed E-state index contributed by atoms with van der Waals surface area (Å²) in [5, 5.41) is 3.60. The summed E-state index contributed by atoms with van der Waals surface area (Å²) in [6.45, 7) is 4.54. The second kappa shape index (κ2) is 11.2. The van der Waals surface area contributed by atoms with Gasteiger partial charge in [0.05, 0.1) is 29.6 Å². The minimum absolute atomic E-state index is 0. The van der Waals surface area contributed by atoms with E-state index in [1.165, 1.54) is 6.07 Å². The van der Waals surface area contributed by atoms with Crippen molar-refractivity contribution in [1.82, 2.24) is 24.8 Å². The molecule has 6 heterocycles. The molecule has 0 radical (unpaired) electrons. The standard InChI is InChI=1S/C24H26FN5O4.2ClH/c25-18-11-28-19-1-2-22(31)30-17(14-34-24(18)23(19)30)13-29-5-3-15(4-6-29)26-10-16-9-20-21(12-27-16)33-8-7-32-20;;/h1-2,9,11-12,15,17,26H,3-8,10,13-14H2;2*1H/t17-;;/m1../s1. The third kappa shape index (κ3) is 5.08. The maximum absolute atomic E-state index is 14.2. The van der Waals surface area contributed by atoms with Crippen molar-refractivity contribution in [3.63, 3.8) is 0 Å². The number of rotatable bonds is 5. The van der Waals surface area contributed by atoms with Gasteiger partial charge >= 0.3 is 0 Å². The normalized spacial score (nSPS) is 19.2. The Morgan fingerprint density at radius 3 is 2.61 bits per heavy atom. The monoisotopic (exact) mass is 539 g/mol. The lowest BCUT2D eigenvalue weighted by atomic mass is 10.0. The molecule has 6 rings (SSSR count). The van der Waals surface area contributed by atoms with E-state index in [-0.39, 0.29) is 48.8 Å². The summed E-state index contributed by atoms with van der Waals surface area (Å²) in [6.07, 6.45) is 4.85. The van der Waals surface area contributed by atoms with E-state index >= 15 is 0 Å². The van der Waals surface area contributed by atoms with E-state index in [1.807, 2.05) is 6.07 Å². The van der Waals surface area contributed by atoms with Crippen LogP contribution < -0.4 is 25.1 Å². The van der Waals surface area contributed by atoms with Crippen LogP contribution in [0.15, 0.2) is 35.4 Å². The SMILES string of the molecule is Cl.Cl.O=c1ccc2ncc(F)c3c2n1[C@H](CN1CCC(NCc2cc4c(cn2)OCCO4)CC1)CO3. The van der Waals surface area contributed by atoms with Gasteiger partial charge in [-0.1, -0.05) is 0 Å². The van der Waals surface area contributed by atoms with Crippen molar-refractivity contribution in [2.45, 2.75) is 31.5 Å². The highest BCUT2D eigenvalue weighted by atomic mass is 35.5. The lowest BCUT2D eigenvalue weighted by molar-refractivity contribution is 0.137. The van der Waals surface area contributed by atoms with E-state index in [0.717, 1.165) is 43.6 Å². The zero-order chi connectivity index (χ0) is 23.1. The molecule has 0 amide bonds. The Bertz CT molecular complexity index is 1290. The van der Waals surface area contributed by atoms with Crippen molar-refractivity contribution in [2.75, 3.05) is 39.5 Å². The predicted octanol–water partition coefficient (Wildman–Crippen LogP) is 2.73. The molecular weight excluding hydrogens is 512 g/mol. The van der Waals surface area contributed by atoms with Crippen LogP contribution in [0.2, 0.25) is 0 Å². The van der Waals surface area contributed by atoms with Crippen molar-refractivity contribution in [2.24, 2.45) is 0 Å². The van der Waals surface area contributed by atoms with Gasteiger partial charge in [-0.25, -0.2) is 4.39 Å². The number of nitrogens with one attached hydrogen (secondary N) is 1. The second-order valence-corrected chi connectivity index (χ2v) is 8.95. The molecule has 36 heavy (non-hydrogen) atoms. The van der Waals surface area contributed by atoms with Gasteiger partial charge in [-0.05, 0) is 32.0 Å². The molecule has 1 atom stereocenters. The molecule has 12 heteroatoms. The Kier molecular flexibility index (Phi) is 8.19. The van der Waals surface area contributed by atoms with Crippen molar-refractivity contribution >= 4 is 35.8 Å². The molecule has 3 aromatic heterocycles. The van der Waals surface area contributed by atoms with Gasteiger partial charge in [0, 0.05) is 31.3 Å². The van der Waals surface area contributed by atoms with Crippen molar-refractivity contribution in [3.05, 3.63) is 52.5 Å². The molecule has 3 aromatic rings. The van der Waals surface area contributed by atoms with Crippen LogP contribution >= 0.6 is 24.8 Å². The number of hydrogen-bond acceptors (Lipinski definition) is 8. The van der Waals surface area contributed by atoms with Crippen LogP contribution in [0.1, 0.15) is 24.6 Å². The molecule has 0 saturated carbocycles. The van der Waals surface area contributed by atoms with E-state index in [0.29, 0.717) is 49.1 Å². The topological polar surface area (TPSA) is 90.7 Å². The first-order valence-electron chi connectivity index (χ1n) is 11.7. The van der Waals surface area contributed by atoms with E-state index in [4.69, 9.17) is 14.2 Å². The van der Waals surface area contributed by atoms with E-state index < -0.39 is 5.82 Å². The lowest BCUT2D eigenvalue weighted by Gasteiger charge is -2.36. The van der Waals surface area contributed by atoms with Gasteiger partial charge in [0.15, 0.2) is 23.1 Å². The fraction of sp³-hybridized carbons (Fsp3) is 0.458. The molecule has 0 spiro atoms. The first-order chi connectivity index (χ1) is 16.7. The predicted molar refractivity (Wildman–Crippen MR) is 137 cm³/mol. The average Bonchev–Trinajstić information content (AvgIpc) is 2.87. The van der Waals surface area contributed by atoms with Crippen molar-refractivity contribution in [1.29, 1.82) is 0 Å². The lowest BCUT2D eigenvalue weighted by Crippen LogP contribution is -2.46. The molecule has 0 unspecified atom stereocenters. The van der Waals surface area contributed by atoms with E-state index in [1.54, 1.807) is 16.8 Å². The summed E-state index contributed by atoms with van der Waals surface area (Å²) in [5.41, 5.74) is 1.79. The minimum atomic E-state index is -0.537. The summed E-state index contributed by atoms with van der Waals surface area (Å²) in [5.74, 6) is 1.04. The Labute approximate surface area is 219 Å². The number of fused-ring (bicyclic) bond motifs is 1. The van der Waals surface area contributed by atoms with Crippen LogP contribution in [0.3, 0.4) is 0 Å². The zero-order valence-electron chi connectivity index (χ0n) is 19.5. The Morgan fingerprint density at radius 1 is 1.03 bits per heavy atom. The van der Waals surface area contributed by atoms with E-state index in [9.17, 15) is 9.18 Å². The third-order valence-electron chi connectivity index (χ3n) is 6.75. The van der Waals surface area contributed by atoms with Crippen molar-refractivity contribution in [3.8, 4) is 17.2 Å². The number of piperidine rings is 1. The molecule has 1 fully saturated rings. The van der Waals surface area contributed by atoms with Crippen LogP contribution in [0.25, 0.3) is 11.0 Å². The van der Waals surface area contributed by atoms with Gasteiger partial charge in [0.25, 0.3) is 5.56 Å². The number of pyridine rings is 3. The summed E-state index contributed by atoms with van der Waals surface area (Å²) in [6, 6.07) is 5.26. The highest BCUT2D eigenvalue weighted by molar-refractivity contribution is 5.85. The summed E-state index contributed by atoms with van der Waals surface area (Å²) in [4.78, 5) is 23.6. The number of likely N-dealkylation sites (tertiary alicyclic amines) is 1. The number of ether oxygens (including phenoxy) is 3. The smallest absolute Gasteiger partial charge is 0.251 e. The Hall–Kier alpha value is -2.66. The molecular formula is C24H28Cl2FN5O4. The fourth-order valence-electron chi connectivity index (χ4n) is 5.01. The molecule has 0 aromatic carbocycles. The Morgan fingerprint density at radius 2 is 1.81 bits per heavy atom. The molecule has 1 N–H and O–H groups in total. The van der Waals surface area contributed by atoms with E-state index in [2.05, 4.69) is 20.2 Å². The summed E-state index contributed by atoms with van der Waals surface area (Å²) < 4.78 is 32.8. The molecule has 0 bridgehead atoms. The van der Waals surface area contributed by atoms with Crippen LogP contribution in [0.5, 0.6) is 17.2 Å². The molecule has 194 valence electrons. The second-order valence-electron chi connectivity index (χ2n) is 8.95. The number of hydrogen-bond donors (Lipinski definition) is 1. The molecule has 3 aliphatic rings. The Balaban J connectivity index is 0.00000152. The molecule has 0 aliphatic carbocycles.